The lowest BCUT2D eigenvalue weighted by Gasteiger charge is -2.27. The first-order chi connectivity index (χ1) is 9.63. The number of ether oxygens (including phenoxy) is 1. The molecule has 1 aromatic heterocycles. The van der Waals surface area contributed by atoms with Crippen molar-refractivity contribution in [2.75, 3.05) is 0 Å². The molecule has 108 valence electrons. The van der Waals surface area contributed by atoms with Crippen LogP contribution in [0, 0.1) is 0 Å². The standard InChI is InChI=1S/C15H21N3O2/c16-10-4-6-11(7-5-10)20-15-12(14(17)19)8-9-2-1-3-13(9)18-15/h8,10-11H,1-7,16H2,(H2,17,19). The molecular formula is C15H21N3O2. The third kappa shape index (κ3) is 2.63. The van der Waals surface area contributed by atoms with Gasteiger partial charge in [0.2, 0.25) is 5.88 Å². The van der Waals surface area contributed by atoms with E-state index in [2.05, 4.69) is 4.98 Å². The van der Waals surface area contributed by atoms with Crippen LogP contribution in [0.2, 0.25) is 0 Å². The minimum atomic E-state index is -0.463. The zero-order valence-corrected chi connectivity index (χ0v) is 11.6. The van der Waals surface area contributed by atoms with E-state index < -0.39 is 5.91 Å². The molecule has 0 aromatic carbocycles. The number of aromatic nitrogens is 1. The number of nitrogens with zero attached hydrogens (tertiary/aromatic N) is 1. The number of aryl methyl sites for hydroxylation is 2. The van der Waals surface area contributed by atoms with Crippen LogP contribution in [0.1, 0.15) is 53.7 Å². The molecule has 2 aliphatic carbocycles. The number of amides is 1. The Bertz CT molecular complexity index is 522. The number of rotatable bonds is 3. The highest BCUT2D eigenvalue weighted by molar-refractivity contribution is 5.95. The molecule has 1 heterocycles. The van der Waals surface area contributed by atoms with Crippen molar-refractivity contribution in [1.29, 1.82) is 0 Å². The summed E-state index contributed by atoms with van der Waals surface area (Å²) in [6, 6.07) is 2.14. The molecule has 2 aliphatic rings. The quantitative estimate of drug-likeness (QED) is 0.870. The average Bonchev–Trinajstić information content (AvgIpc) is 2.87. The fraction of sp³-hybridized carbons (Fsp3) is 0.600. The molecule has 0 saturated heterocycles. The van der Waals surface area contributed by atoms with E-state index in [1.807, 2.05) is 6.07 Å². The molecular weight excluding hydrogens is 254 g/mol. The Morgan fingerprint density at radius 1 is 1.25 bits per heavy atom. The summed E-state index contributed by atoms with van der Waals surface area (Å²) in [4.78, 5) is 16.1. The highest BCUT2D eigenvalue weighted by atomic mass is 16.5. The van der Waals surface area contributed by atoms with Gasteiger partial charge in [0.25, 0.3) is 5.91 Å². The van der Waals surface area contributed by atoms with Crippen molar-refractivity contribution in [2.45, 2.75) is 57.1 Å². The van der Waals surface area contributed by atoms with Crippen LogP contribution in [0.5, 0.6) is 5.88 Å². The van der Waals surface area contributed by atoms with Crippen LogP contribution < -0.4 is 16.2 Å². The second-order valence-electron chi connectivity index (χ2n) is 5.82. The molecule has 0 radical (unpaired) electrons. The smallest absolute Gasteiger partial charge is 0.254 e. The molecule has 0 unspecified atom stereocenters. The van der Waals surface area contributed by atoms with E-state index in [4.69, 9.17) is 16.2 Å². The van der Waals surface area contributed by atoms with Crippen molar-refractivity contribution >= 4 is 5.91 Å². The number of carbonyl (C=O) groups is 1. The highest BCUT2D eigenvalue weighted by Gasteiger charge is 2.24. The van der Waals surface area contributed by atoms with Crippen LogP contribution >= 0.6 is 0 Å². The first kappa shape index (κ1) is 13.4. The maximum Gasteiger partial charge on any atom is 0.254 e. The fourth-order valence-electron chi connectivity index (χ4n) is 3.08. The van der Waals surface area contributed by atoms with Crippen LogP contribution in [0.3, 0.4) is 0 Å². The minimum Gasteiger partial charge on any atom is -0.474 e. The Morgan fingerprint density at radius 3 is 2.70 bits per heavy atom. The Kier molecular flexibility index (Phi) is 3.61. The Morgan fingerprint density at radius 2 is 2.00 bits per heavy atom. The molecule has 0 aliphatic heterocycles. The maximum absolute atomic E-state index is 11.6. The number of pyridine rings is 1. The lowest BCUT2D eigenvalue weighted by molar-refractivity contribution is 0.0982. The predicted molar refractivity (Wildman–Crippen MR) is 75.6 cm³/mol. The van der Waals surface area contributed by atoms with Gasteiger partial charge in [-0.1, -0.05) is 0 Å². The molecule has 1 saturated carbocycles. The summed E-state index contributed by atoms with van der Waals surface area (Å²) in [5.41, 5.74) is 14.0. The van der Waals surface area contributed by atoms with Crippen LogP contribution in [-0.2, 0) is 12.8 Å². The maximum atomic E-state index is 11.6. The van der Waals surface area contributed by atoms with Crippen molar-refractivity contribution in [2.24, 2.45) is 11.5 Å². The first-order valence-corrected chi connectivity index (χ1v) is 7.38. The van der Waals surface area contributed by atoms with E-state index in [9.17, 15) is 4.79 Å². The molecule has 1 fully saturated rings. The third-order valence-corrected chi connectivity index (χ3v) is 4.28. The summed E-state index contributed by atoms with van der Waals surface area (Å²) in [6.07, 6.45) is 6.86. The van der Waals surface area contributed by atoms with Crippen LogP contribution in [0.25, 0.3) is 0 Å². The van der Waals surface area contributed by atoms with Gasteiger partial charge < -0.3 is 16.2 Å². The van der Waals surface area contributed by atoms with Crippen molar-refractivity contribution in [3.63, 3.8) is 0 Å². The largest absolute Gasteiger partial charge is 0.474 e. The summed E-state index contributed by atoms with van der Waals surface area (Å²) < 4.78 is 5.95. The van der Waals surface area contributed by atoms with Crippen LogP contribution in [0.4, 0.5) is 0 Å². The van der Waals surface area contributed by atoms with E-state index in [1.54, 1.807) is 0 Å². The number of nitrogens with two attached hydrogens (primary N) is 2. The lowest BCUT2D eigenvalue weighted by Crippen LogP contribution is -2.32. The normalized spacial score (nSPS) is 25.2. The second kappa shape index (κ2) is 5.40. The molecule has 1 aromatic rings. The van der Waals surface area contributed by atoms with Gasteiger partial charge in [0.05, 0.1) is 0 Å². The number of hydrogen-bond acceptors (Lipinski definition) is 4. The van der Waals surface area contributed by atoms with E-state index in [0.29, 0.717) is 11.4 Å². The van der Waals surface area contributed by atoms with Crippen molar-refractivity contribution in [1.82, 2.24) is 4.98 Å². The van der Waals surface area contributed by atoms with Gasteiger partial charge in [0.15, 0.2) is 0 Å². The van der Waals surface area contributed by atoms with Gasteiger partial charge in [-0.2, -0.15) is 0 Å². The number of hydrogen-bond donors (Lipinski definition) is 2. The number of carbonyl (C=O) groups excluding carboxylic acids is 1. The van der Waals surface area contributed by atoms with Crippen LogP contribution in [0.15, 0.2) is 6.07 Å². The first-order valence-electron chi connectivity index (χ1n) is 7.38. The molecule has 0 bridgehead atoms. The van der Waals surface area contributed by atoms with Crippen molar-refractivity contribution in [3.8, 4) is 5.88 Å². The summed E-state index contributed by atoms with van der Waals surface area (Å²) in [5, 5.41) is 0. The Balaban J connectivity index is 1.82. The summed E-state index contributed by atoms with van der Waals surface area (Å²) in [7, 11) is 0. The third-order valence-electron chi connectivity index (χ3n) is 4.28. The molecule has 5 nitrogen and oxygen atoms in total. The van der Waals surface area contributed by atoms with Gasteiger partial charge in [-0.3, -0.25) is 4.79 Å². The van der Waals surface area contributed by atoms with Gasteiger partial charge in [-0.05, 0) is 56.6 Å². The zero-order valence-electron chi connectivity index (χ0n) is 11.6. The lowest BCUT2D eigenvalue weighted by atomic mass is 9.94. The number of primary amides is 1. The highest BCUT2D eigenvalue weighted by Crippen LogP contribution is 2.29. The van der Waals surface area contributed by atoms with Crippen molar-refractivity contribution < 1.29 is 9.53 Å². The van der Waals surface area contributed by atoms with Crippen LogP contribution in [-0.4, -0.2) is 23.0 Å². The molecule has 5 heteroatoms. The van der Waals surface area contributed by atoms with E-state index in [1.165, 1.54) is 0 Å². The topological polar surface area (TPSA) is 91.2 Å². The molecule has 4 N–H and O–H groups in total. The van der Waals surface area contributed by atoms with E-state index in [-0.39, 0.29) is 12.1 Å². The number of fused-ring (bicyclic) bond motifs is 1. The summed E-state index contributed by atoms with van der Waals surface area (Å²) >= 11 is 0. The van der Waals surface area contributed by atoms with Gasteiger partial charge in [0.1, 0.15) is 11.7 Å². The van der Waals surface area contributed by atoms with Gasteiger partial charge >= 0.3 is 0 Å². The Labute approximate surface area is 118 Å². The van der Waals surface area contributed by atoms with E-state index >= 15 is 0 Å². The molecule has 20 heavy (non-hydrogen) atoms. The summed E-state index contributed by atoms with van der Waals surface area (Å²) in [6.45, 7) is 0. The average molecular weight is 275 g/mol. The van der Waals surface area contributed by atoms with Gasteiger partial charge in [-0.25, -0.2) is 4.98 Å². The zero-order chi connectivity index (χ0) is 14.1. The Hall–Kier alpha value is -1.62. The SMILES string of the molecule is NC(=O)c1cc2c(nc1OC1CCC(N)CC1)CCC2. The monoisotopic (exact) mass is 275 g/mol. The summed E-state index contributed by atoms with van der Waals surface area (Å²) in [5.74, 6) is -0.0478. The van der Waals surface area contributed by atoms with Crippen molar-refractivity contribution in [3.05, 3.63) is 22.9 Å². The minimum absolute atomic E-state index is 0.0971. The second-order valence-corrected chi connectivity index (χ2v) is 5.82. The fourth-order valence-corrected chi connectivity index (χ4v) is 3.08. The molecule has 1 amide bonds. The molecule has 0 spiro atoms. The molecule has 0 atom stereocenters. The van der Waals surface area contributed by atoms with Gasteiger partial charge in [-0.15, -0.1) is 0 Å². The van der Waals surface area contributed by atoms with Gasteiger partial charge in [0, 0.05) is 11.7 Å². The van der Waals surface area contributed by atoms with E-state index in [0.717, 1.165) is 56.2 Å². The predicted octanol–water partition coefficient (Wildman–Crippen LogP) is 1.32. The molecule has 3 rings (SSSR count).